The number of benzene rings is 3. The van der Waals surface area contributed by atoms with E-state index in [0.29, 0.717) is 29.7 Å². The number of Topliss-reactive ketones (excluding diaryl/α,β-unsaturated/α-hetero) is 1. The number of ketones is 1. The third-order valence-electron chi connectivity index (χ3n) is 7.13. The molecular weight excluding hydrogens is 512 g/mol. The molecule has 4 rings (SSSR count). The van der Waals surface area contributed by atoms with Gasteiger partial charge in [0.05, 0.1) is 6.61 Å². The van der Waals surface area contributed by atoms with Crippen LogP contribution >= 0.6 is 0 Å². The Kier molecular flexibility index (Phi) is 11.8. The van der Waals surface area contributed by atoms with Gasteiger partial charge in [-0.3, -0.25) is 4.79 Å². The van der Waals surface area contributed by atoms with Gasteiger partial charge in [-0.1, -0.05) is 31.2 Å². The molecule has 1 aliphatic rings. The maximum absolute atomic E-state index is 13.6. The van der Waals surface area contributed by atoms with Crippen molar-refractivity contribution < 1.29 is 28.5 Å². The van der Waals surface area contributed by atoms with Crippen molar-refractivity contribution in [3.05, 3.63) is 101 Å². The first kappa shape index (κ1) is 31.4. The first-order valence-electron chi connectivity index (χ1n) is 14.0. The van der Waals surface area contributed by atoms with Crippen LogP contribution in [-0.4, -0.2) is 53.2 Å². The Morgan fingerprint density at radius 3 is 1.85 bits per heavy atom. The molecule has 0 spiro atoms. The van der Waals surface area contributed by atoms with Crippen molar-refractivity contribution in [3.63, 3.8) is 0 Å². The molecule has 1 fully saturated rings. The Hall–Kier alpha value is -3.13. The Balaban J connectivity index is 0.00000103. The van der Waals surface area contributed by atoms with E-state index in [2.05, 4.69) is 4.90 Å². The van der Waals surface area contributed by atoms with Crippen molar-refractivity contribution in [2.75, 3.05) is 26.2 Å². The molecule has 0 atom stereocenters. The molecule has 0 aromatic heterocycles. The lowest BCUT2D eigenvalue weighted by Crippen LogP contribution is -2.44. The number of carbonyl (C=O) groups excluding carboxylic acids is 1. The zero-order valence-electron chi connectivity index (χ0n) is 23.7. The average Bonchev–Trinajstić information content (AvgIpc) is 2.95. The molecule has 7 heteroatoms. The van der Waals surface area contributed by atoms with E-state index >= 15 is 0 Å². The molecule has 1 saturated heterocycles. The molecule has 3 aromatic carbocycles. The fourth-order valence-electron chi connectivity index (χ4n) is 5.04. The summed E-state index contributed by atoms with van der Waals surface area (Å²) in [6.07, 6.45) is 2.71. The third-order valence-corrected chi connectivity index (χ3v) is 7.13. The van der Waals surface area contributed by atoms with Crippen LogP contribution in [0.1, 0.15) is 67.9 Å². The Bertz CT molecular complexity index is 1120. The minimum absolute atomic E-state index is 0.0785. The van der Waals surface area contributed by atoms with Crippen LogP contribution in [-0.2, 0) is 5.60 Å². The number of carbonyl (C=O) groups is 1. The molecule has 0 bridgehead atoms. The van der Waals surface area contributed by atoms with E-state index < -0.39 is 5.60 Å². The Morgan fingerprint density at radius 1 is 0.925 bits per heavy atom. The van der Waals surface area contributed by atoms with Gasteiger partial charge >= 0.3 is 0 Å². The van der Waals surface area contributed by atoms with Crippen molar-refractivity contribution in [2.45, 2.75) is 58.2 Å². The van der Waals surface area contributed by atoms with Crippen molar-refractivity contribution in [1.82, 2.24) is 4.90 Å². The second-order valence-electron chi connectivity index (χ2n) is 10.5. The van der Waals surface area contributed by atoms with Crippen LogP contribution in [0.2, 0.25) is 0 Å². The van der Waals surface area contributed by atoms with Crippen LogP contribution < -0.4 is 4.74 Å². The van der Waals surface area contributed by atoms with Crippen molar-refractivity contribution in [2.24, 2.45) is 5.92 Å². The summed E-state index contributed by atoms with van der Waals surface area (Å²) in [5.74, 6) is 0.0799. The quantitative estimate of drug-likeness (QED) is 0.226. The molecule has 5 nitrogen and oxygen atoms in total. The first-order chi connectivity index (χ1) is 19.1. The van der Waals surface area contributed by atoms with Gasteiger partial charge in [-0.25, -0.2) is 8.78 Å². The number of likely N-dealkylation sites (tertiary alicyclic amines) is 1. The SMILES string of the molecule is CC(C)O.CCC(=O)c1ccc(OCCCN2CCC(C(O)(c3ccc(F)cc3)c3ccc(F)cc3)CC2)cc1. The number of rotatable bonds is 10. The summed E-state index contributed by atoms with van der Waals surface area (Å²) < 4.78 is 33.0. The van der Waals surface area contributed by atoms with Gasteiger partial charge in [0.15, 0.2) is 5.78 Å². The van der Waals surface area contributed by atoms with Gasteiger partial charge in [0.25, 0.3) is 0 Å². The van der Waals surface area contributed by atoms with Crippen LogP contribution in [0.4, 0.5) is 8.78 Å². The summed E-state index contributed by atoms with van der Waals surface area (Å²) in [4.78, 5) is 14.1. The molecule has 1 heterocycles. The lowest BCUT2D eigenvalue weighted by atomic mass is 9.72. The van der Waals surface area contributed by atoms with Gasteiger partial charge < -0.3 is 19.8 Å². The summed E-state index contributed by atoms with van der Waals surface area (Å²) >= 11 is 0. The predicted octanol–water partition coefficient (Wildman–Crippen LogP) is 6.36. The van der Waals surface area contributed by atoms with Crippen LogP contribution in [0.15, 0.2) is 72.8 Å². The van der Waals surface area contributed by atoms with Crippen molar-refractivity contribution >= 4 is 5.78 Å². The Morgan fingerprint density at radius 2 is 1.40 bits per heavy atom. The third kappa shape index (κ3) is 8.68. The maximum Gasteiger partial charge on any atom is 0.162 e. The van der Waals surface area contributed by atoms with Gasteiger partial charge in [0, 0.05) is 24.6 Å². The monoisotopic (exact) mass is 553 g/mol. The number of piperidine rings is 1. The van der Waals surface area contributed by atoms with E-state index in [4.69, 9.17) is 9.84 Å². The number of halogens is 2. The minimum atomic E-state index is -1.32. The molecule has 2 N–H and O–H groups in total. The highest BCUT2D eigenvalue weighted by Gasteiger charge is 2.41. The molecule has 1 aliphatic heterocycles. The van der Waals surface area contributed by atoms with E-state index in [1.54, 1.807) is 50.2 Å². The summed E-state index contributed by atoms with van der Waals surface area (Å²) in [5.41, 5.74) is 0.624. The number of aliphatic hydroxyl groups is 2. The number of hydrogen-bond donors (Lipinski definition) is 2. The van der Waals surface area contributed by atoms with Gasteiger partial charge in [-0.15, -0.1) is 0 Å². The summed E-state index contributed by atoms with van der Waals surface area (Å²) in [5, 5.41) is 20.0. The molecule has 0 saturated carbocycles. The topological polar surface area (TPSA) is 70.0 Å². The molecule has 3 aromatic rings. The van der Waals surface area contributed by atoms with Crippen molar-refractivity contribution in [3.8, 4) is 5.75 Å². The number of aliphatic hydroxyl groups excluding tert-OH is 1. The number of hydrogen-bond acceptors (Lipinski definition) is 5. The standard InChI is InChI=1S/C30H33F2NO3.C3H8O/c1-2-29(34)22-4-14-28(15-5-22)36-21-3-18-33-19-16-25(17-20-33)30(35,23-6-10-26(31)11-7-23)24-8-12-27(32)13-9-24;1-3(2)4/h4-15,25,35H,2-3,16-21H2,1H3;3-4H,1-2H3. The van der Waals surface area contributed by atoms with Gasteiger partial charge in [-0.05, 0) is 112 Å². The summed E-state index contributed by atoms with van der Waals surface area (Å²) in [6.45, 7) is 8.40. The zero-order chi connectivity index (χ0) is 29.1. The largest absolute Gasteiger partial charge is 0.494 e. The lowest BCUT2D eigenvalue weighted by molar-refractivity contribution is -0.0147. The van der Waals surface area contributed by atoms with E-state index in [1.807, 2.05) is 19.1 Å². The average molecular weight is 554 g/mol. The molecule has 40 heavy (non-hydrogen) atoms. The summed E-state index contributed by atoms with van der Waals surface area (Å²) in [6, 6.07) is 19.2. The first-order valence-corrected chi connectivity index (χ1v) is 14.0. The highest BCUT2D eigenvalue weighted by Crippen LogP contribution is 2.42. The lowest BCUT2D eigenvalue weighted by Gasteiger charge is -2.42. The van der Waals surface area contributed by atoms with Gasteiger partial charge in [0.1, 0.15) is 23.0 Å². The van der Waals surface area contributed by atoms with Gasteiger partial charge in [-0.2, -0.15) is 0 Å². The molecule has 216 valence electrons. The smallest absolute Gasteiger partial charge is 0.162 e. The second kappa shape index (κ2) is 15.0. The van der Waals surface area contributed by atoms with Gasteiger partial charge in [0.2, 0.25) is 0 Å². The minimum Gasteiger partial charge on any atom is -0.494 e. The molecule has 0 radical (unpaired) electrons. The zero-order valence-corrected chi connectivity index (χ0v) is 23.7. The number of nitrogens with zero attached hydrogens (tertiary/aromatic N) is 1. The normalized spacial score (nSPS) is 14.5. The van der Waals surface area contributed by atoms with Crippen LogP contribution in [0, 0.1) is 17.6 Å². The van der Waals surface area contributed by atoms with E-state index in [9.17, 15) is 18.7 Å². The molecular formula is C33H41F2NO4. The predicted molar refractivity (Wildman–Crippen MR) is 153 cm³/mol. The highest BCUT2D eigenvalue weighted by molar-refractivity contribution is 5.95. The van der Waals surface area contributed by atoms with E-state index in [1.165, 1.54) is 24.3 Å². The molecule has 0 amide bonds. The van der Waals surface area contributed by atoms with E-state index in [-0.39, 0.29) is 29.4 Å². The van der Waals surface area contributed by atoms with E-state index in [0.717, 1.165) is 44.6 Å². The summed E-state index contributed by atoms with van der Waals surface area (Å²) in [7, 11) is 0. The van der Waals surface area contributed by atoms with Crippen molar-refractivity contribution in [1.29, 1.82) is 0 Å². The van der Waals surface area contributed by atoms with Crippen LogP contribution in [0.25, 0.3) is 0 Å². The fraction of sp³-hybridized carbons (Fsp3) is 0.424. The van der Waals surface area contributed by atoms with Crippen LogP contribution in [0.3, 0.4) is 0 Å². The number of ether oxygens (including phenoxy) is 1. The fourth-order valence-corrected chi connectivity index (χ4v) is 5.04. The molecule has 0 unspecified atom stereocenters. The Labute approximate surface area is 236 Å². The highest BCUT2D eigenvalue weighted by atomic mass is 19.1. The van der Waals surface area contributed by atoms with Crippen LogP contribution in [0.5, 0.6) is 5.75 Å². The molecule has 0 aliphatic carbocycles. The second-order valence-corrected chi connectivity index (χ2v) is 10.5. The maximum atomic E-state index is 13.6.